The molecule has 6 heteroatoms. The van der Waals surface area contributed by atoms with E-state index in [-0.39, 0.29) is 12.5 Å². The first kappa shape index (κ1) is 18.5. The predicted molar refractivity (Wildman–Crippen MR) is 109 cm³/mol. The van der Waals surface area contributed by atoms with Gasteiger partial charge in [-0.15, -0.1) is 0 Å². The number of esters is 1. The second kappa shape index (κ2) is 8.02. The van der Waals surface area contributed by atoms with E-state index in [1.165, 1.54) is 0 Å². The van der Waals surface area contributed by atoms with Gasteiger partial charge in [0, 0.05) is 12.2 Å². The molecule has 0 spiro atoms. The van der Waals surface area contributed by atoms with Crippen LogP contribution in [0.1, 0.15) is 30.5 Å². The summed E-state index contributed by atoms with van der Waals surface area (Å²) in [4.78, 5) is 32.0. The fourth-order valence-electron chi connectivity index (χ4n) is 3.41. The summed E-state index contributed by atoms with van der Waals surface area (Å²) in [6.07, 6.45) is 0.429. The van der Waals surface area contributed by atoms with Crippen LogP contribution in [0, 0.1) is 0 Å². The molecule has 0 bridgehead atoms. The number of amides is 1. The molecule has 0 unspecified atom stereocenters. The van der Waals surface area contributed by atoms with Gasteiger partial charge in [-0.25, -0.2) is 9.79 Å². The van der Waals surface area contributed by atoms with E-state index in [1.807, 2.05) is 60.7 Å². The van der Waals surface area contributed by atoms with Crippen molar-refractivity contribution < 1.29 is 14.3 Å². The normalized spacial score (nSPS) is 19.2. The van der Waals surface area contributed by atoms with E-state index in [0.29, 0.717) is 28.6 Å². The summed E-state index contributed by atoms with van der Waals surface area (Å²) < 4.78 is 5.59. The van der Waals surface area contributed by atoms with Crippen molar-refractivity contribution in [3.05, 3.63) is 83.1 Å². The second-order valence-electron chi connectivity index (χ2n) is 6.63. The number of thioether (sulfide) groups is 1. The van der Waals surface area contributed by atoms with Crippen LogP contribution in [-0.4, -0.2) is 27.7 Å². The molecule has 1 fully saturated rings. The summed E-state index contributed by atoms with van der Waals surface area (Å²) in [5.74, 6) is 0.241. The summed E-state index contributed by atoms with van der Waals surface area (Å²) in [6.45, 7) is 1.98. The van der Waals surface area contributed by atoms with E-state index < -0.39 is 12.0 Å². The first-order valence-electron chi connectivity index (χ1n) is 9.15. The first-order chi connectivity index (χ1) is 13.6. The number of amidine groups is 1. The van der Waals surface area contributed by atoms with Crippen LogP contribution in [0.5, 0.6) is 0 Å². The van der Waals surface area contributed by atoms with Crippen LogP contribution < -0.4 is 0 Å². The molecule has 0 N–H and O–H groups in total. The Bertz CT molecular complexity index is 954. The largest absolute Gasteiger partial charge is 0.457 e. The van der Waals surface area contributed by atoms with Crippen molar-refractivity contribution >= 4 is 28.8 Å². The van der Waals surface area contributed by atoms with Gasteiger partial charge in [0.15, 0.2) is 5.17 Å². The number of ether oxygens (including phenoxy) is 1. The number of fused-ring (bicyclic) bond motifs is 1. The third-order valence-electron chi connectivity index (χ3n) is 4.75. The molecule has 1 saturated heterocycles. The average molecular weight is 392 g/mol. The number of nitrogens with zero attached hydrogens (tertiary/aromatic N) is 2. The van der Waals surface area contributed by atoms with Gasteiger partial charge in [-0.1, -0.05) is 72.4 Å². The van der Waals surface area contributed by atoms with Gasteiger partial charge in [0.05, 0.1) is 17.3 Å². The van der Waals surface area contributed by atoms with Crippen molar-refractivity contribution in [2.45, 2.75) is 26.0 Å². The van der Waals surface area contributed by atoms with E-state index in [2.05, 4.69) is 4.99 Å². The molecule has 2 aliphatic rings. The van der Waals surface area contributed by atoms with Crippen LogP contribution in [0.2, 0.25) is 0 Å². The fourth-order valence-corrected chi connectivity index (χ4v) is 4.42. The van der Waals surface area contributed by atoms with E-state index in [9.17, 15) is 9.59 Å². The minimum atomic E-state index is -0.516. The van der Waals surface area contributed by atoms with Gasteiger partial charge < -0.3 is 4.74 Å². The number of rotatable bonds is 4. The number of aliphatic imine (C=N–C) groups is 1. The van der Waals surface area contributed by atoms with Crippen molar-refractivity contribution in [1.29, 1.82) is 0 Å². The zero-order valence-corrected chi connectivity index (χ0v) is 16.3. The zero-order valence-electron chi connectivity index (χ0n) is 15.5. The average Bonchev–Trinajstić information content (AvgIpc) is 2.72. The van der Waals surface area contributed by atoms with Gasteiger partial charge in [0.2, 0.25) is 5.91 Å². The topological polar surface area (TPSA) is 59.0 Å². The standard InChI is InChI=1S/C22H20N2O3S/c1-15-19(21(26)27-14-16-8-4-2-5-9-16)20(17-10-6-3-7-11-17)24-18(25)12-13-28-22(24)23-15/h2-11,20H,12-14H2,1H3/t20-/m1/s1. The monoisotopic (exact) mass is 392 g/mol. The molecule has 2 aromatic rings. The van der Waals surface area contributed by atoms with Crippen LogP contribution in [0.4, 0.5) is 0 Å². The van der Waals surface area contributed by atoms with E-state index >= 15 is 0 Å². The molecule has 28 heavy (non-hydrogen) atoms. The third-order valence-corrected chi connectivity index (χ3v) is 5.71. The molecule has 0 aromatic heterocycles. The Hall–Kier alpha value is -2.86. The molecule has 0 saturated carbocycles. The second-order valence-corrected chi connectivity index (χ2v) is 7.69. The molecular weight excluding hydrogens is 372 g/mol. The smallest absolute Gasteiger partial charge is 0.338 e. The third kappa shape index (κ3) is 3.60. The van der Waals surface area contributed by atoms with Gasteiger partial charge in [-0.2, -0.15) is 0 Å². The lowest BCUT2D eigenvalue weighted by atomic mass is 9.94. The van der Waals surface area contributed by atoms with Gasteiger partial charge in [0.25, 0.3) is 0 Å². The van der Waals surface area contributed by atoms with Crippen LogP contribution in [0.15, 0.2) is 76.9 Å². The van der Waals surface area contributed by atoms with Crippen molar-refractivity contribution in [3.63, 3.8) is 0 Å². The Kier molecular flexibility index (Phi) is 5.30. The summed E-state index contributed by atoms with van der Waals surface area (Å²) >= 11 is 1.55. The highest BCUT2D eigenvalue weighted by molar-refractivity contribution is 8.14. The van der Waals surface area contributed by atoms with Crippen LogP contribution >= 0.6 is 11.8 Å². The summed E-state index contributed by atoms with van der Waals surface area (Å²) in [5, 5.41) is 0.655. The number of carbonyl (C=O) groups excluding carboxylic acids is 2. The van der Waals surface area contributed by atoms with Crippen molar-refractivity contribution in [3.8, 4) is 0 Å². The highest BCUT2D eigenvalue weighted by atomic mass is 32.2. The van der Waals surface area contributed by atoms with E-state index in [4.69, 9.17) is 4.74 Å². The van der Waals surface area contributed by atoms with Gasteiger partial charge in [0.1, 0.15) is 6.61 Å². The summed E-state index contributed by atoms with van der Waals surface area (Å²) in [6, 6.07) is 18.6. The van der Waals surface area contributed by atoms with Gasteiger partial charge in [-0.3, -0.25) is 9.69 Å². The maximum Gasteiger partial charge on any atom is 0.338 e. The Morgan fingerprint density at radius 3 is 2.54 bits per heavy atom. The maximum absolute atomic E-state index is 13.1. The lowest BCUT2D eigenvalue weighted by molar-refractivity contribution is -0.141. The van der Waals surface area contributed by atoms with Gasteiger partial charge in [-0.05, 0) is 18.1 Å². The number of carbonyl (C=O) groups is 2. The maximum atomic E-state index is 13.1. The van der Waals surface area contributed by atoms with Crippen molar-refractivity contribution in [2.75, 3.05) is 5.75 Å². The lowest BCUT2D eigenvalue weighted by Gasteiger charge is -2.38. The zero-order chi connectivity index (χ0) is 19.5. The molecule has 0 radical (unpaired) electrons. The van der Waals surface area contributed by atoms with Crippen molar-refractivity contribution in [1.82, 2.24) is 4.90 Å². The molecule has 1 atom stereocenters. The number of hydrogen-bond acceptors (Lipinski definition) is 5. The molecule has 0 aliphatic carbocycles. The minimum absolute atomic E-state index is 0.0211. The quantitative estimate of drug-likeness (QED) is 0.736. The highest BCUT2D eigenvalue weighted by Crippen LogP contribution is 2.40. The SMILES string of the molecule is CC1=C(C(=O)OCc2ccccc2)[C@@H](c2ccccc2)N2C(=O)CCSC2=N1. The molecule has 2 aliphatic heterocycles. The summed E-state index contributed by atoms with van der Waals surface area (Å²) in [7, 11) is 0. The molecule has 1 amide bonds. The molecule has 2 aromatic carbocycles. The van der Waals surface area contributed by atoms with E-state index in [1.54, 1.807) is 23.6 Å². The molecular formula is C22H20N2O3S. The highest BCUT2D eigenvalue weighted by Gasteiger charge is 2.41. The number of hydrogen-bond donors (Lipinski definition) is 0. The lowest BCUT2D eigenvalue weighted by Crippen LogP contribution is -2.45. The number of allylic oxidation sites excluding steroid dienone is 1. The van der Waals surface area contributed by atoms with Gasteiger partial charge >= 0.3 is 5.97 Å². The fraction of sp³-hybridized carbons (Fsp3) is 0.227. The number of benzene rings is 2. The molecule has 142 valence electrons. The Balaban J connectivity index is 1.70. The Morgan fingerprint density at radius 1 is 1.14 bits per heavy atom. The minimum Gasteiger partial charge on any atom is -0.457 e. The molecule has 5 nitrogen and oxygen atoms in total. The predicted octanol–water partition coefficient (Wildman–Crippen LogP) is 4.08. The first-order valence-corrected chi connectivity index (χ1v) is 10.1. The Labute approximate surface area is 168 Å². The molecule has 4 rings (SSSR count). The summed E-state index contributed by atoms with van der Waals surface area (Å²) in [5.41, 5.74) is 2.80. The molecule has 2 heterocycles. The van der Waals surface area contributed by atoms with Crippen LogP contribution in [-0.2, 0) is 20.9 Å². The Morgan fingerprint density at radius 2 is 1.82 bits per heavy atom. The van der Waals surface area contributed by atoms with Crippen molar-refractivity contribution in [2.24, 2.45) is 4.99 Å². The van der Waals surface area contributed by atoms with Crippen LogP contribution in [0.3, 0.4) is 0 Å². The van der Waals surface area contributed by atoms with E-state index in [0.717, 1.165) is 11.1 Å². The van der Waals surface area contributed by atoms with Crippen LogP contribution in [0.25, 0.3) is 0 Å².